The summed E-state index contributed by atoms with van der Waals surface area (Å²) >= 11 is 8.06. The van der Waals surface area contributed by atoms with E-state index in [1.165, 1.54) is 18.1 Å². The molecule has 1 saturated heterocycles. The normalized spacial score (nSPS) is 30.2. The molecule has 0 spiro atoms. The van der Waals surface area contributed by atoms with Gasteiger partial charge in [0.25, 0.3) is 0 Å². The first-order chi connectivity index (χ1) is 12.5. The molecule has 2 fully saturated rings. The summed E-state index contributed by atoms with van der Waals surface area (Å²) in [4.78, 5) is 0. The monoisotopic (exact) mass is 413 g/mol. The van der Waals surface area contributed by atoms with Crippen molar-refractivity contribution < 1.29 is 9.26 Å². The molecule has 2 aliphatic rings. The molecule has 26 heavy (non-hydrogen) atoms. The summed E-state index contributed by atoms with van der Waals surface area (Å²) in [7, 11) is 0. The highest BCUT2D eigenvalue weighted by Gasteiger charge is 2.37. The molecule has 0 amide bonds. The Labute approximate surface area is 168 Å². The summed E-state index contributed by atoms with van der Waals surface area (Å²) in [6.07, 6.45) is 3.99. The Balaban J connectivity index is 1.83. The average molecular weight is 414 g/mol. The van der Waals surface area contributed by atoms with Crippen LogP contribution in [0.4, 0.5) is 0 Å². The predicted octanol–water partition coefficient (Wildman–Crippen LogP) is 5.08. The van der Waals surface area contributed by atoms with Crippen molar-refractivity contribution in [3.05, 3.63) is 30.3 Å². The summed E-state index contributed by atoms with van der Waals surface area (Å²) in [5, 5.41) is 1.19. The predicted molar refractivity (Wildman–Crippen MR) is 117 cm³/mol. The van der Waals surface area contributed by atoms with Crippen molar-refractivity contribution >= 4 is 34.1 Å². The quantitative estimate of drug-likeness (QED) is 0.478. The van der Waals surface area contributed by atoms with Gasteiger partial charge in [-0.15, -0.1) is 0 Å². The molecule has 1 saturated carbocycles. The maximum Gasteiger partial charge on any atom is 0.163 e. The number of hydrogen-bond donors (Lipinski definition) is 0. The number of ether oxygens (including phenoxy) is 1. The van der Waals surface area contributed by atoms with Crippen molar-refractivity contribution in [2.24, 2.45) is 17.8 Å². The number of rotatable bonds is 6. The fraction of sp³-hybridized carbons (Fsp3) is 0.700. The van der Waals surface area contributed by atoms with E-state index in [-0.39, 0.29) is 6.10 Å². The Hall–Kier alpha value is 0.1000. The summed E-state index contributed by atoms with van der Waals surface area (Å²) < 4.78 is 14.8. The van der Waals surface area contributed by atoms with Gasteiger partial charge in [-0.25, -0.2) is 4.31 Å². The fourth-order valence-corrected chi connectivity index (χ4v) is 9.98. The number of morpholine rings is 1. The van der Waals surface area contributed by atoms with Crippen LogP contribution < -0.4 is 5.30 Å². The van der Waals surface area contributed by atoms with E-state index in [9.17, 15) is 0 Å². The van der Waals surface area contributed by atoms with Gasteiger partial charge in [0.15, 0.2) is 5.47 Å². The summed E-state index contributed by atoms with van der Waals surface area (Å²) in [5.41, 5.74) is -2.19. The van der Waals surface area contributed by atoms with Crippen LogP contribution in [0.2, 0.25) is 0 Å². The van der Waals surface area contributed by atoms with Crippen LogP contribution in [0.15, 0.2) is 30.3 Å². The molecule has 4 atom stereocenters. The van der Waals surface area contributed by atoms with Gasteiger partial charge >= 0.3 is 0 Å². The van der Waals surface area contributed by atoms with Gasteiger partial charge in [0.1, 0.15) is 0 Å². The molecule has 1 aromatic rings. The zero-order valence-electron chi connectivity index (χ0n) is 16.2. The molecule has 0 bridgehead atoms. The second-order valence-corrected chi connectivity index (χ2v) is 14.6. The summed E-state index contributed by atoms with van der Waals surface area (Å²) in [6.45, 7) is 10.4. The number of hydrogen-bond acceptors (Lipinski definition) is 5. The molecule has 3 rings (SSSR count). The molecule has 0 N–H and O–H groups in total. The Morgan fingerprint density at radius 1 is 1.19 bits per heavy atom. The molecule has 1 heterocycles. The van der Waals surface area contributed by atoms with Crippen molar-refractivity contribution in [1.29, 1.82) is 0 Å². The molecule has 146 valence electrons. The molecule has 6 heteroatoms. The lowest BCUT2D eigenvalue weighted by molar-refractivity contribution is 0.0575. The van der Waals surface area contributed by atoms with Gasteiger partial charge in [-0.05, 0) is 54.0 Å². The topological polar surface area (TPSA) is 21.7 Å². The largest absolute Gasteiger partial charge is 0.379 e. The van der Waals surface area contributed by atoms with Crippen molar-refractivity contribution in [3.63, 3.8) is 0 Å². The lowest BCUT2D eigenvalue weighted by atomic mass is 9.75. The Morgan fingerprint density at radius 3 is 2.54 bits per heavy atom. The highest BCUT2D eigenvalue weighted by molar-refractivity contribution is 8.70. The van der Waals surface area contributed by atoms with Gasteiger partial charge in [0.05, 0.1) is 19.3 Å². The van der Waals surface area contributed by atoms with E-state index >= 15 is 0 Å². The third kappa shape index (κ3) is 5.33. The van der Waals surface area contributed by atoms with Gasteiger partial charge in [-0.3, -0.25) is 0 Å². The van der Waals surface area contributed by atoms with Crippen LogP contribution in [-0.4, -0.2) is 36.7 Å². The van der Waals surface area contributed by atoms with E-state index in [1.54, 1.807) is 11.6 Å². The van der Waals surface area contributed by atoms with Crippen molar-refractivity contribution in [3.8, 4) is 0 Å². The van der Waals surface area contributed by atoms with Crippen molar-refractivity contribution in [2.75, 3.05) is 26.3 Å². The zero-order chi connectivity index (χ0) is 18.6. The van der Waals surface area contributed by atoms with E-state index < -0.39 is 5.47 Å². The average Bonchev–Trinajstić information content (AvgIpc) is 2.63. The first kappa shape index (κ1) is 20.8. The Kier molecular flexibility index (Phi) is 7.64. The molecule has 0 aromatic heterocycles. The fourth-order valence-electron chi connectivity index (χ4n) is 3.93. The van der Waals surface area contributed by atoms with Crippen molar-refractivity contribution in [2.45, 2.75) is 46.1 Å². The van der Waals surface area contributed by atoms with Crippen LogP contribution in [0.3, 0.4) is 0 Å². The van der Waals surface area contributed by atoms with Crippen LogP contribution in [0.5, 0.6) is 0 Å². The molecule has 1 aromatic carbocycles. The van der Waals surface area contributed by atoms with Crippen LogP contribution in [0.1, 0.15) is 40.0 Å². The summed E-state index contributed by atoms with van der Waals surface area (Å²) in [5.74, 6) is 1.98. The zero-order valence-corrected chi connectivity index (χ0v) is 18.7. The standard InChI is InChI=1S/C20H32NO2PS2/c1-16(2)19-10-9-17(3)15-20(19)23-24(25,18-7-5-4-6-8-18)26-21-11-13-22-14-12-21/h4-8,16-17,19-20H,9-15H2,1-3H3/t17-,19+,20-,24-/m1/s1. The lowest BCUT2D eigenvalue weighted by Crippen LogP contribution is -2.35. The van der Waals surface area contributed by atoms with E-state index in [1.807, 2.05) is 0 Å². The Morgan fingerprint density at radius 2 is 1.88 bits per heavy atom. The SMILES string of the molecule is CC(C)[C@@H]1CC[C@@H](C)C[C@H]1O[P@](=S)(SN1CCOCC1)c1ccccc1. The van der Waals surface area contributed by atoms with Gasteiger partial charge in [-0.1, -0.05) is 57.5 Å². The molecule has 1 aliphatic carbocycles. The van der Waals surface area contributed by atoms with Crippen LogP contribution in [0, 0.1) is 17.8 Å². The lowest BCUT2D eigenvalue weighted by Gasteiger charge is -2.41. The minimum atomic E-state index is -2.19. The van der Waals surface area contributed by atoms with E-state index in [0.717, 1.165) is 38.6 Å². The van der Waals surface area contributed by atoms with Gasteiger partial charge < -0.3 is 9.26 Å². The first-order valence-corrected chi connectivity index (χ1v) is 13.9. The van der Waals surface area contributed by atoms with Gasteiger partial charge in [0.2, 0.25) is 0 Å². The third-order valence-corrected chi connectivity index (χ3v) is 11.5. The van der Waals surface area contributed by atoms with Crippen LogP contribution in [0.25, 0.3) is 0 Å². The minimum absolute atomic E-state index is 0.276. The van der Waals surface area contributed by atoms with Gasteiger partial charge in [-0.2, -0.15) is 0 Å². The third-order valence-electron chi connectivity index (χ3n) is 5.50. The van der Waals surface area contributed by atoms with Crippen LogP contribution in [-0.2, 0) is 21.1 Å². The summed E-state index contributed by atoms with van der Waals surface area (Å²) in [6, 6.07) is 10.5. The molecule has 1 aliphatic heterocycles. The highest BCUT2D eigenvalue weighted by Crippen LogP contribution is 2.62. The second kappa shape index (κ2) is 9.54. The van der Waals surface area contributed by atoms with E-state index in [0.29, 0.717) is 11.8 Å². The maximum absolute atomic E-state index is 6.92. The maximum atomic E-state index is 6.92. The van der Waals surface area contributed by atoms with Gasteiger partial charge in [0, 0.05) is 18.4 Å². The van der Waals surface area contributed by atoms with E-state index in [4.69, 9.17) is 21.1 Å². The second-order valence-electron chi connectivity index (χ2n) is 7.93. The Bertz CT molecular complexity index is 607. The van der Waals surface area contributed by atoms with Crippen LogP contribution >= 0.6 is 17.0 Å². The first-order valence-electron chi connectivity index (χ1n) is 9.84. The van der Waals surface area contributed by atoms with Crippen molar-refractivity contribution in [1.82, 2.24) is 4.31 Å². The molecule has 0 unspecified atom stereocenters. The molecule has 3 nitrogen and oxygen atoms in total. The van der Waals surface area contributed by atoms with E-state index in [2.05, 4.69) is 55.4 Å². The molecular weight excluding hydrogens is 381 g/mol. The smallest absolute Gasteiger partial charge is 0.163 e. The number of benzene rings is 1. The minimum Gasteiger partial charge on any atom is -0.379 e. The molecule has 0 radical (unpaired) electrons. The highest BCUT2D eigenvalue weighted by atomic mass is 32.9. The number of nitrogens with zero attached hydrogens (tertiary/aromatic N) is 1. The molecular formula is C20H32NO2PS2.